The Labute approximate surface area is 91.1 Å². The first-order valence-corrected chi connectivity index (χ1v) is 4.64. The Morgan fingerprint density at radius 1 is 1.62 bits per heavy atom. The Kier molecular flexibility index (Phi) is 3.89. The Balaban J connectivity index is 3.23. The van der Waals surface area contributed by atoms with Gasteiger partial charge in [-0.1, -0.05) is 0 Å². The largest absolute Gasteiger partial charge is 0.481 e. The number of pyridine rings is 1. The van der Waals surface area contributed by atoms with Gasteiger partial charge in [-0.05, 0) is 18.1 Å². The third-order valence-corrected chi connectivity index (χ3v) is 2.35. The van der Waals surface area contributed by atoms with Gasteiger partial charge in [0, 0.05) is 18.3 Å². The van der Waals surface area contributed by atoms with Gasteiger partial charge in [0.15, 0.2) is 0 Å². The highest BCUT2D eigenvalue weighted by Crippen LogP contribution is 2.25. The number of carboxylic acids is 1. The molecule has 0 aliphatic carbocycles. The van der Waals surface area contributed by atoms with E-state index in [1.165, 1.54) is 0 Å². The van der Waals surface area contributed by atoms with Gasteiger partial charge in [-0.25, -0.2) is 8.78 Å². The summed E-state index contributed by atoms with van der Waals surface area (Å²) < 4.78 is 25.2. The van der Waals surface area contributed by atoms with E-state index < -0.39 is 12.4 Å². The van der Waals surface area contributed by atoms with Crippen LogP contribution in [0.3, 0.4) is 0 Å². The van der Waals surface area contributed by atoms with Crippen LogP contribution in [0, 0.1) is 6.92 Å². The zero-order valence-corrected chi connectivity index (χ0v) is 8.70. The van der Waals surface area contributed by atoms with Crippen LogP contribution in [0.1, 0.15) is 28.8 Å². The molecule has 0 aliphatic heterocycles. The number of rotatable bonds is 4. The number of carbonyl (C=O) groups is 1. The number of nitrogens with two attached hydrogens (primary N) is 1. The molecule has 16 heavy (non-hydrogen) atoms. The van der Waals surface area contributed by atoms with Crippen molar-refractivity contribution in [1.82, 2.24) is 4.98 Å². The third kappa shape index (κ3) is 2.52. The second-order valence-electron chi connectivity index (χ2n) is 3.34. The van der Waals surface area contributed by atoms with Crippen LogP contribution in [-0.4, -0.2) is 16.1 Å². The summed E-state index contributed by atoms with van der Waals surface area (Å²) >= 11 is 0. The van der Waals surface area contributed by atoms with Crippen LogP contribution in [0.25, 0.3) is 0 Å². The molecule has 1 rings (SSSR count). The minimum absolute atomic E-state index is 0.0549. The summed E-state index contributed by atoms with van der Waals surface area (Å²) in [5, 5.41) is 8.61. The second kappa shape index (κ2) is 4.98. The number of halogens is 2. The van der Waals surface area contributed by atoms with Crippen molar-refractivity contribution in [2.45, 2.75) is 26.3 Å². The van der Waals surface area contributed by atoms with Crippen molar-refractivity contribution in [1.29, 1.82) is 0 Å². The van der Waals surface area contributed by atoms with Crippen molar-refractivity contribution in [3.63, 3.8) is 0 Å². The molecular weight excluding hydrogens is 218 g/mol. The van der Waals surface area contributed by atoms with E-state index in [4.69, 9.17) is 10.8 Å². The summed E-state index contributed by atoms with van der Waals surface area (Å²) in [6, 6.07) is 0. The fourth-order valence-corrected chi connectivity index (χ4v) is 1.49. The molecule has 4 nitrogen and oxygen atoms in total. The van der Waals surface area contributed by atoms with Crippen molar-refractivity contribution >= 4 is 5.97 Å². The highest BCUT2D eigenvalue weighted by atomic mass is 19.3. The lowest BCUT2D eigenvalue weighted by molar-refractivity contribution is -0.136. The maximum Gasteiger partial charge on any atom is 0.309 e. The molecule has 1 aromatic heterocycles. The first-order chi connectivity index (χ1) is 7.47. The van der Waals surface area contributed by atoms with Crippen molar-refractivity contribution in [3.05, 3.63) is 28.6 Å². The lowest BCUT2D eigenvalue weighted by atomic mass is 10.0. The first kappa shape index (κ1) is 12.5. The van der Waals surface area contributed by atoms with E-state index in [9.17, 15) is 13.6 Å². The molecule has 88 valence electrons. The van der Waals surface area contributed by atoms with Crippen LogP contribution in [0.4, 0.5) is 8.78 Å². The monoisotopic (exact) mass is 230 g/mol. The Bertz CT molecular complexity index is 408. The number of alkyl halides is 2. The zero-order chi connectivity index (χ0) is 12.3. The minimum atomic E-state index is -2.65. The van der Waals surface area contributed by atoms with Crippen LogP contribution >= 0.6 is 0 Å². The van der Waals surface area contributed by atoms with Crippen LogP contribution in [-0.2, 0) is 17.8 Å². The Morgan fingerprint density at radius 3 is 2.69 bits per heavy atom. The average molecular weight is 230 g/mol. The number of nitrogens with zero attached hydrogens (tertiary/aromatic N) is 1. The summed E-state index contributed by atoms with van der Waals surface area (Å²) in [6.45, 7) is 1.50. The molecule has 1 heterocycles. The molecule has 0 aliphatic rings. The average Bonchev–Trinajstić information content (AvgIpc) is 2.19. The van der Waals surface area contributed by atoms with Crippen LogP contribution in [0.2, 0.25) is 0 Å². The van der Waals surface area contributed by atoms with E-state index in [2.05, 4.69) is 4.98 Å². The van der Waals surface area contributed by atoms with E-state index in [-0.39, 0.29) is 29.8 Å². The fourth-order valence-electron chi connectivity index (χ4n) is 1.49. The molecule has 0 aromatic carbocycles. The number of hydrogen-bond donors (Lipinski definition) is 2. The molecule has 0 saturated heterocycles. The molecule has 0 radical (unpaired) electrons. The minimum Gasteiger partial charge on any atom is -0.481 e. The van der Waals surface area contributed by atoms with E-state index in [1.807, 2.05) is 0 Å². The highest BCUT2D eigenvalue weighted by molar-refractivity contribution is 5.70. The van der Waals surface area contributed by atoms with Crippen LogP contribution in [0.15, 0.2) is 6.20 Å². The standard InChI is InChI=1S/C10H12F2N2O2/c1-5-6(3-13)7(10(11)12)4-14-8(5)2-9(15)16/h4,10H,2-3,13H2,1H3,(H,15,16). The van der Waals surface area contributed by atoms with Crippen LogP contribution < -0.4 is 5.73 Å². The van der Waals surface area contributed by atoms with Gasteiger partial charge in [-0.15, -0.1) is 0 Å². The maximum atomic E-state index is 12.6. The van der Waals surface area contributed by atoms with Gasteiger partial charge in [0.05, 0.1) is 12.1 Å². The van der Waals surface area contributed by atoms with Gasteiger partial charge in [-0.2, -0.15) is 0 Å². The van der Waals surface area contributed by atoms with E-state index in [0.29, 0.717) is 5.56 Å². The SMILES string of the molecule is Cc1c(CC(=O)O)ncc(C(F)F)c1CN. The van der Waals surface area contributed by atoms with Crippen molar-refractivity contribution in [2.24, 2.45) is 5.73 Å². The van der Waals surface area contributed by atoms with Crippen molar-refractivity contribution in [3.8, 4) is 0 Å². The molecule has 0 unspecified atom stereocenters. The molecule has 3 N–H and O–H groups in total. The molecule has 0 amide bonds. The summed E-state index contributed by atoms with van der Waals surface area (Å²) in [4.78, 5) is 14.3. The fraction of sp³-hybridized carbons (Fsp3) is 0.400. The summed E-state index contributed by atoms with van der Waals surface area (Å²) in [5.74, 6) is -1.05. The number of aromatic nitrogens is 1. The quantitative estimate of drug-likeness (QED) is 0.820. The molecule has 6 heteroatoms. The molecule has 0 saturated carbocycles. The summed E-state index contributed by atoms with van der Waals surface area (Å²) in [7, 11) is 0. The molecule has 1 aromatic rings. The van der Waals surface area contributed by atoms with Gasteiger partial charge in [0.25, 0.3) is 6.43 Å². The van der Waals surface area contributed by atoms with Crippen molar-refractivity contribution < 1.29 is 18.7 Å². The van der Waals surface area contributed by atoms with Gasteiger partial charge >= 0.3 is 5.97 Å². The maximum absolute atomic E-state index is 12.6. The van der Waals surface area contributed by atoms with Crippen molar-refractivity contribution in [2.75, 3.05) is 0 Å². The zero-order valence-electron chi connectivity index (χ0n) is 8.70. The van der Waals surface area contributed by atoms with E-state index in [0.717, 1.165) is 6.20 Å². The van der Waals surface area contributed by atoms with Gasteiger partial charge < -0.3 is 10.8 Å². The third-order valence-electron chi connectivity index (χ3n) is 2.35. The second-order valence-corrected chi connectivity index (χ2v) is 3.34. The highest BCUT2D eigenvalue weighted by Gasteiger charge is 2.17. The van der Waals surface area contributed by atoms with Gasteiger partial charge in [0.2, 0.25) is 0 Å². The predicted molar refractivity (Wildman–Crippen MR) is 53.2 cm³/mol. The van der Waals surface area contributed by atoms with E-state index in [1.54, 1.807) is 6.92 Å². The first-order valence-electron chi connectivity index (χ1n) is 4.64. The van der Waals surface area contributed by atoms with Gasteiger partial charge in [-0.3, -0.25) is 9.78 Å². The molecular formula is C10H12F2N2O2. The Morgan fingerprint density at radius 2 is 2.25 bits per heavy atom. The predicted octanol–water partition coefficient (Wildman–Crippen LogP) is 1.41. The lowest BCUT2D eigenvalue weighted by Crippen LogP contribution is -2.11. The summed E-state index contributed by atoms with van der Waals surface area (Å²) in [6.07, 6.45) is -1.94. The molecule has 0 fully saturated rings. The smallest absolute Gasteiger partial charge is 0.309 e. The van der Waals surface area contributed by atoms with Gasteiger partial charge in [0.1, 0.15) is 0 Å². The normalized spacial score (nSPS) is 10.8. The number of aliphatic carboxylic acids is 1. The van der Waals surface area contributed by atoms with Crippen LogP contribution in [0.5, 0.6) is 0 Å². The topological polar surface area (TPSA) is 76.2 Å². The lowest BCUT2D eigenvalue weighted by Gasteiger charge is -2.12. The Hall–Kier alpha value is -1.56. The van der Waals surface area contributed by atoms with E-state index >= 15 is 0 Å². The molecule has 0 atom stereocenters. The molecule has 0 spiro atoms. The number of carboxylic acid groups (broad SMARTS) is 1. The molecule has 0 bridgehead atoms. The number of hydrogen-bond acceptors (Lipinski definition) is 3. The summed E-state index contributed by atoms with van der Waals surface area (Å²) in [5.41, 5.74) is 6.14.